The molecule has 1 aliphatic rings. The number of halogens is 2. The third kappa shape index (κ3) is 2.08. The van der Waals surface area contributed by atoms with E-state index >= 15 is 0 Å². The van der Waals surface area contributed by atoms with Crippen LogP contribution in [0.25, 0.3) is 5.57 Å². The molecule has 88 valence electrons. The number of carbonyl (C=O) groups is 2. The predicted molar refractivity (Wildman–Crippen MR) is 56.7 cm³/mol. The largest absolute Gasteiger partial charge is 0.292 e. The van der Waals surface area contributed by atoms with Crippen molar-refractivity contribution in [2.45, 2.75) is 13.3 Å². The van der Waals surface area contributed by atoms with Crippen molar-refractivity contribution in [2.24, 2.45) is 0 Å². The topological polar surface area (TPSA) is 46.2 Å². The summed E-state index contributed by atoms with van der Waals surface area (Å²) < 4.78 is 25.8. The average Bonchev–Trinajstić information content (AvgIpc) is 2.61. The van der Waals surface area contributed by atoms with Gasteiger partial charge in [-0.1, -0.05) is 6.07 Å². The van der Waals surface area contributed by atoms with Gasteiger partial charge in [-0.25, -0.2) is 8.78 Å². The highest BCUT2D eigenvalue weighted by atomic mass is 19.2. The van der Waals surface area contributed by atoms with E-state index in [-0.39, 0.29) is 12.3 Å². The lowest BCUT2D eigenvalue weighted by molar-refractivity contribution is -0.124. The normalized spacial score (nSPS) is 18.3. The molecule has 0 aromatic heterocycles. The summed E-state index contributed by atoms with van der Waals surface area (Å²) in [5.74, 6) is -2.78. The molecule has 1 aromatic carbocycles. The molecule has 1 saturated heterocycles. The number of hydrogen-bond donors (Lipinski definition) is 1. The molecule has 1 heterocycles. The Labute approximate surface area is 96.1 Å². The van der Waals surface area contributed by atoms with E-state index < -0.39 is 17.5 Å². The third-order valence-electron chi connectivity index (χ3n) is 2.67. The number of amides is 2. The fraction of sp³-hybridized carbons (Fsp3) is 0.167. The van der Waals surface area contributed by atoms with Crippen molar-refractivity contribution in [3.05, 3.63) is 41.0 Å². The molecular formula is C12H9F2NO2. The molecule has 17 heavy (non-hydrogen) atoms. The van der Waals surface area contributed by atoms with Crippen LogP contribution in [-0.2, 0) is 9.59 Å². The molecule has 5 heteroatoms. The molecule has 1 aliphatic heterocycles. The summed E-state index contributed by atoms with van der Waals surface area (Å²) >= 11 is 0. The van der Waals surface area contributed by atoms with Gasteiger partial charge in [0.05, 0.1) is 6.42 Å². The highest BCUT2D eigenvalue weighted by Crippen LogP contribution is 2.24. The Bertz CT molecular complexity index is 549. The van der Waals surface area contributed by atoms with E-state index in [9.17, 15) is 18.4 Å². The molecule has 0 radical (unpaired) electrons. The van der Waals surface area contributed by atoms with Gasteiger partial charge in [-0.3, -0.25) is 14.9 Å². The standard InChI is InChI=1S/C12H9F2NO2/c1-6(8-5-11(16)15-12(8)17)7-2-3-9(13)10(14)4-7/h2-4H,5H2,1H3,(H,15,16,17). The Balaban J connectivity index is 2.46. The van der Waals surface area contributed by atoms with Gasteiger partial charge in [0.25, 0.3) is 5.91 Å². The number of imide groups is 1. The summed E-state index contributed by atoms with van der Waals surface area (Å²) in [5.41, 5.74) is 1.16. The monoisotopic (exact) mass is 237 g/mol. The second kappa shape index (κ2) is 4.08. The van der Waals surface area contributed by atoms with E-state index in [1.54, 1.807) is 6.92 Å². The first kappa shape index (κ1) is 11.4. The molecule has 1 N–H and O–H groups in total. The van der Waals surface area contributed by atoms with Crippen LogP contribution in [0, 0.1) is 11.6 Å². The van der Waals surface area contributed by atoms with Crippen LogP contribution in [0.2, 0.25) is 0 Å². The zero-order valence-corrected chi connectivity index (χ0v) is 9.01. The van der Waals surface area contributed by atoms with Crippen molar-refractivity contribution in [3.63, 3.8) is 0 Å². The van der Waals surface area contributed by atoms with Crippen molar-refractivity contribution in [1.29, 1.82) is 0 Å². The molecule has 0 atom stereocenters. The number of allylic oxidation sites excluding steroid dienone is 1. The summed E-state index contributed by atoms with van der Waals surface area (Å²) in [7, 11) is 0. The summed E-state index contributed by atoms with van der Waals surface area (Å²) in [6.45, 7) is 1.60. The summed E-state index contributed by atoms with van der Waals surface area (Å²) in [5, 5.41) is 2.14. The first-order valence-corrected chi connectivity index (χ1v) is 4.98. The van der Waals surface area contributed by atoms with Gasteiger partial charge in [0.1, 0.15) is 0 Å². The highest BCUT2D eigenvalue weighted by molar-refractivity contribution is 6.17. The van der Waals surface area contributed by atoms with Gasteiger partial charge in [0.2, 0.25) is 5.91 Å². The van der Waals surface area contributed by atoms with E-state index in [4.69, 9.17) is 0 Å². The number of hydrogen-bond acceptors (Lipinski definition) is 2. The van der Waals surface area contributed by atoms with Crippen LogP contribution < -0.4 is 5.32 Å². The maximum atomic E-state index is 13.0. The Hall–Kier alpha value is -2.04. The van der Waals surface area contributed by atoms with E-state index in [1.807, 2.05) is 0 Å². The minimum Gasteiger partial charge on any atom is -0.292 e. The zero-order chi connectivity index (χ0) is 12.6. The van der Waals surface area contributed by atoms with Crippen LogP contribution in [0.15, 0.2) is 23.8 Å². The summed E-state index contributed by atoms with van der Waals surface area (Å²) in [4.78, 5) is 22.4. The zero-order valence-electron chi connectivity index (χ0n) is 9.01. The van der Waals surface area contributed by atoms with Crippen LogP contribution in [0.4, 0.5) is 8.78 Å². The number of benzene rings is 1. The van der Waals surface area contributed by atoms with Crippen molar-refractivity contribution < 1.29 is 18.4 Å². The van der Waals surface area contributed by atoms with Crippen LogP contribution >= 0.6 is 0 Å². The molecule has 0 aliphatic carbocycles. The minimum absolute atomic E-state index is 0.0241. The Morgan fingerprint density at radius 1 is 1.24 bits per heavy atom. The van der Waals surface area contributed by atoms with E-state index in [2.05, 4.69) is 5.32 Å². The van der Waals surface area contributed by atoms with Gasteiger partial charge in [0, 0.05) is 5.57 Å². The van der Waals surface area contributed by atoms with Crippen LogP contribution in [0.5, 0.6) is 0 Å². The smallest absolute Gasteiger partial charge is 0.254 e. The van der Waals surface area contributed by atoms with E-state index in [0.29, 0.717) is 16.7 Å². The highest BCUT2D eigenvalue weighted by Gasteiger charge is 2.26. The van der Waals surface area contributed by atoms with Crippen molar-refractivity contribution in [3.8, 4) is 0 Å². The Kier molecular flexibility index (Phi) is 2.75. The fourth-order valence-electron chi connectivity index (χ4n) is 1.69. The van der Waals surface area contributed by atoms with Crippen molar-refractivity contribution >= 4 is 17.4 Å². The lowest BCUT2D eigenvalue weighted by Gasteiger charge is -2.04. The van der Waals surface area contributed by atoms with Gasteiger partial charge in [0.15, 0.2) is 11.6 Å². The molecule has 0 unspecified atom stereocenters. The van der Waals surface area contributed by atoms with E-state index in [1.165, 1.54) is 6.07 Å². The van der Waals surface area contributed by atoms with Gasteiger partial charge in [-0.15, -0.1) is 0 Å². The predicted octanol–water partition coefficient (Wildman–Crippen LogP) is 1.78. The molecule has 0 saturated carbocycles. The Morgan fingerprint density at radius 3 is 2.47 bits per heavy atom. The minimum atomic E-state index is -0.979. The second-order valence-corrected chi connectivity index (χ2v) is 3.79. The van der Waals surface area contributed by atoms with Gasteiger partial charge >= 0.3 is 0 Å². The maximum absolute atomic E-state index is 13.0. The number of carbonyl (C=O) groups excluding carboxylic acids is 2. The van der Waals surface area contributed by atoms with E-state index in [0.717, 1.165) is 12.1 Å². The lowest BCUT2D eigenvalue weighted by atomic mass is 10.0. The van der Waals surface area contributed by atoms with Crippen LogP contribution in [0.3, 0.4) is 0 Å². The fourth-order valence-corrected chi connectivity index (χ4v) is 1.69. The molecule has 1 aromatic rings. The van der Waals surface area contributed by atoms with Gasteiger partial charge in [-0.2, -0.15) is 0 Å². The first-order valence-electron chi connectivity index (χ1n) is 4.98. The van der Waals surface area contributed by atoms with Gasteiger partial charge in [-0.05, 0) is 30.2 Å². The molecule has 1 fully saturated rings. The second-order valence-electron chi connectivity index (χ2n) is 3.79. The van der Waals surface area contributed by atoms with Crippen molar-refractivity contribution in [2.75, 3.05) is 0 Å². The molecular weight excluding hydrogens is 228 g/mol. The number of nitrogens with one attached hydrogen (secondary N) is 1. The molecule has 3 nitrogen and oxygen atoms in total. The van der Waals surface area contributed by atoms with Crippen LogP contribution in [0.1, 0.15) is 18.9 Å². The summed E-state index contributed by atoms with van der Waals surface area (Å²) in [6.07, 6.45) is -0.0241. The molecule has 0 bridgehead atoms. The number of rotatable bonds is 1. The maximum Gasteiger partial charge on any atom is 0.254 e. The third-order valence-corrected chi connectivity index (χ3v) is 2.67. The Morgan fingerprint density at radius 2 is 1.94 bits per heavy atom. The first-order chi connectivity index (χ1) is 7.99. The molecule has 2 amide bonds. The molecule has 0 spiro atoms. The van der Waals surface area contributed by atoms with Gasteiger partial charge < -0.3 is 0 Å². The quantitative estimate of drug-likeness (QED) is 0.597. The average molecular weight is 237 g/mol. The van der Waals surface area contributed by atoms with Crippen LogP contribution in [-0.4, -0.2) is 11.8 Å². The summed E-state index contributed by atoms with van der Waals surface area (Å²) in [6, 6.07) is 3.37. The molecule has 2 rings (SSSR count). The van der Waals surface area contributed by atoms with Crippen molar-refractivity contribution in [1.82, 2.24) is 5.32 Å². The SMILES string of the molecule is CC(=C1CC(=O)NC1=O)c1ccc(F)c(F)c1. The lowest BCUT2D eigenvalue weighted by Crippen LogP contribution is -2.19.